The van der Waals surface area contributed by atoms with Crippen molar-refractivity contribution in [2.45, 2.75) is 31.6 Å². The highest BCUT2D eigenvalue weighted by Crippen LogP contribution is 2.36. The smallest absolute Gasteiger partial charge is 0.265 e. The quantitative estimate of drug-likeness (QED) is 0.881. The molecule has 4 nitrogen and oxygen atoms in total. The molecule has 0 unspecified atom stereocenters. The monoisotopic (exact) mass is 359 g/mol. The topological polar surface area (TPSA) is 58.6 Å². The van der Waals surface area contributed by atoms with Crippen molar-refractivity contribution in [1.29, 1.82) is 0 Å². The first-order valence-electron chi connectivity index (χ1n) is 6.06. The lowest BCUT2D eigenvalue weighted by Crippen LogP contribution is -2.15. The van der Waals surface area contributed by atoms with Crippen LogP contribution in [0.2, 0.25) is 4.34 Å². The molecular formula is C12H11BrClN3OS. The first kappa shape index (κ1) is 13.3. The third-order valence-electron chi connectivity index (χ3n) is 3.31. The van der Waals surface area contributed by atoms with E-state index >= 15 is 0 Å². The molecule has 0 amide bonds. The number of aromatic amines is 1. The Morgan fingerprint density at radius 3 is 2.79 bits per heavy atom. The summed E-state index contributed by atoms with van der Waals surface area (Å²) in [6.07, 6.45) is 6.15. The van der Waals surface area contributed by atoms with Crippen molar-refractivity contribution in [2.24, 2.45) is 0 Å². The van der Waals surface area contributed by atoms with Crippen molar-refractivity contribution >= 4 is 38.9 Å². The van der Waals surface area contributed by atoms with Crippen LogP contribution in [0.4, 0.5) is 0 Å². The van der Waals surface area contributed by atoms with Crippen molar-refractivity contribution in [3.8, 4) is 10.8 Å². The van der Waals surface area contributed by atoms with Crippen LogP contribution in [0.5, 0.6) is 0 Å². The first-order valence-corrected chi connectivity index (χ1v) is 8.05. The van der Waals surface area contributed by atoms with Crippen molar-refractivity contribution < 1.29 is 0 Å². The molecule has 0 spiro atoms. The fraction of sp³-hybridized carbons (Fsp3) is 0.417. The third kappa shape index (κ3) is 2.61. The van der Waals surface area contributed by atoms with Crippen molar-refractivity contribution in [1.82, 2.24) is 15.0 Å². The fourth-order valence-electron chi connectivity index (χ4n) is 2.41. The maximum atomic E-state index is 12.0. The molecule has 1 aliphatic rings. The molecule has 0 bridgehead atoms. The van der Waals surface area contributed by atoms with Gasteiger partial charge in [0.2, 0.25) is 0 Å². The van der Waals surface area contributed by atoms with Gasteiger partial charge in [0.05, 0.1) is 11.9 Å². The second-order valence-electron chi connectivity index (χ2n) is 4.56. The highest BCUT2D eigenvalue weighted by molar-refractivity contribution is 9.10. The largest absolute Gasteiger partial charge is 0.304 e. The Morgan fingerprint density at radius 2 is 2.16 bits per heavy atom. The lowest BCUT2D eigenvalue weighted by molar-refractivity contribution is 0.688. The van der Waals surface area contributed by atoms with E-state index in [2.05, 4.69) is 30.9 Å². The molecule has 2 heterocycles. The van der Waals surface area contributed by atoms with Crippen LogP contribution < -0.4 is 5.56 Å². The molecule has 1 aliphatic carbocycles. The van der Waals surface area contributed by atoms with Gasteiger partial charge in [0, 0.05) is 5.92 Å². The number of H-pyrrole nitrogens is 1. The minimum absolute atomic E-state index is 0.154. The predicted octanol–water partition coefficient (Wildman–Crippen LogP) is 3.97. The standard InChI is InChI=1S/C12H11BrClN3OS/c13-8-9(6-3-1-2-4-6)16-10(17-11(8)18)12-15-5-7(14)19-12/h5-6H,1-4H2,(H,16,17,18). The number of halogens is 2. The van der Waals surface area contributed by atoms with E-state index in [0.29, 0.717) is 25.6 Å². The van der Waals surface area contributed by atoms with Crippen LogP contribution in [0.1, 0.15) is 37.3 Å². The fourth-order valence-corrected chi connectivity index (χ4v) is 3.78. The summed E-state index contributed by atoms with van der Waals surface area (Å²) in [6.45, 7) is 0. The second-order valence-corrected chi connectivity index (χ2v) is 7.02. The Bertz CT molecular complexity index is 663. The van der Waals surface area contributed by atoms with E-state index in [0.717, 1.165) is 18.5 Å². The minimum Gasteiger partial charge on any atom is -0.304 e. The average Bonchev–Trinajstić information content (AvgIpc) is 3.03. The van der Waals surface area contributed by atoms with E-state index in [1.54, 1.807) is 6.20 Å². The van der Waals surface area contributed by atoms with Crippen LogP contribution >= 0.6 is 38.9 Å². The molecule has 0 saturated heterocycles. The Labute approximate surface area is 127 Å². The number of hydrogen-bond donors (Lipinski definition) is 1. The number of rotatable bonds is 2. The highest BCUT2D eigenvalue weighted by atomic mass is 79.9. The van der Waals surface area contributed by atoms with Gasteiger partial charge in [0.15, 0.2) is 10.8 Å². The molecule has 7 heteroatoms. The molecular weight excluding hydrogens is 350 g/mol. The SMILES string of the molecule is O=c1[nH]c(-c2ncc(Cl)s2)nc(C2CCCC2)c1Br. The third-order valence-corrected chi connectivity index (χ3v) is 5.20. The molecule has 0 aromatic carbocycles. The van der Waals surface area contributed by atoms with Gasteiger partial charge in [-0.2, -0.15) is 0 Å². The number of nitrogens with zero attached hydrogens (tertiary/aromatic N) is 2. The van der Waals surface area contributed by atoms with Crippen LogP contribution in [-0.4, -0.2) is 15.0 Å². The minimum atomic E-state index is -0.154. The van der Waals surface area contributed by atoms with E-state index < -0.39 is 0 Å². The molecule has 1 N–H and O–H groups in total. The first-order chi connectivity index (χ1) is 9.15. The van der Waals surface area contributed by atoms with Crippen molar-refractivity contribution in [2.75, 3.05) is 0 Å². The molecule has 19 heavy (non-hydrogen) atoms. The van der Waals surface area contributed by atoms with Gasteiger partial charge < -0.3 is 4.98 Å². The molecule has 3 rings (SSSR count). The lowest BCUT2D eigenvalue weighted by Gasteiger charge is -2.11. The van der Waals surface area contributed by atoms with Gasteiger partial charge in [0.25, 0.3) is 5.56 Å². The van der Waals surface area contributed by atoms with Crippen LogP contribution in [-0.2, 0) is 0 Å². The number of nitrogens with one attached hydrogen (secondary N) is 1. The van der Waals surface area contributed by atoms with Gasteiger partial charge in [-0.25, -0.2) is 9.97 Å². The maximum absolute atomic E-state index is 12.0. The van der Waals surface area contributed by atoms with Crippen LogP contribution in [0, 0.1) is 0 Å². The van der Waals surface area contributed by atoms with E-state index in [1.165, 1.54) is 24.2 Å². The lowest BCUT2D eigenvalue weighted by atomic mass is 10.0. The molecule has 0 radical (unpaired) electrons. The predicted molar refractivity (Wildman–Crippen MR) is 79.9 cm³/mol. The average molecular weight is 361 g/mol. The van der Waals surface area contributed by atoms with Gasteiger partial charge >= 0.3 is 0 Å². The Kier molecular flexibility index (Phi) is 3.73. The van der Waals surface area contributed by atoms with Crippen LogP contribution in [0.15, 0.2) is 15.5 Å². The Hall–Kier alpha value is -0.720. The van der Waals surface area contributed by atoms with E-state index in [9.17, 15) is 4.79 Å². The summed E-state index contributed by atoms with van der Waals surface area (Å²) in [7, 11) is 0. The normalized spacial score (nSPS) is 16.1. The van der Waals surface area contributed by atoms with E-state index in [-0.39, 0.29) is 5.56 Å². The van der Waals surface area contributed by atoms with Gasteiger partial charge in [0.1, 0.15) is 8.81 Å². The summed E-state index contributed by atoms with van der Waals surface area (Å²) in [5, 5.41) is 0.647. The Morgan fingerprint density at radius 1 is 1.42 bits per heavy atom. The van der Waals surface area contributed by atoms with Crippen LogP contribution in [0.25, 0.3) is 10.8 Å². The summed E-state index contributed by atoms with van der Waals surface area (Å²) < 4.78 is 1.13. The molecule has 100 valence electrons. The van der Waals surface area contributed by atoms with Gasteiger partial charge in [-0.3, -0.25) is 4.79 Å². The van der Waals surface area contributed by atoms with Gasteiger partial charge in [-0.1, -0.05) is 35.8 Å². The summed E-state index contributed by atoms with van der Waals surface area (Å²) in [5.41, 5.74) is 0.695. The van der Waals surface area contributed by atoms with Gasteiger partial charge in [-0.15, -0.1) is 0 Å². The van der Waals surface area contributed by atoms with E-state index in [1.807, 2.05) is 0 Å². The zero-order valence-corrected chi connectivity index (χ0v) is 13.1. The molecule has 2 aromatic rings. The number of thiazole rings is 1. The molecule has 0 atom stereocenters. The van der Waals surface area contributed by atoms with Crippen molar-refractivity contribution in [3.63, 3.8) is 0 Å². The molecule has 1 fully saturated rings. The summed E-state index contributed by atoms with van der Waals surface area (Å²) >= 11 is 10.5. The summed E-state index contributed by atoms with van der Waals surface area (Å²) in [5.74, 6) is 0.873. The summed E-state index contributed by atoms with van der Waals surface area (Å²) in [4.78, 5) is 23.5. The molecule has 2 aromatic heterocycles. The van der Waals surface area contributed by atoms with E-state index in [4.69, 9.17) is 11.6 Å². The Balaban J connectivity index is 2.09. The summed E-state index contributed by atoms with van der Waals surface area (Å²) in [6, 6.07) is 0. The number of aromatic nitrogens is 3. The molecule has 1 saturated carbocycles. The molecule has 0 aliphatic heterocycles. The highest BCUT2D eigenvalue weighted by Gasteiger charge is 2.23. The van der Waals surface area contributed by atoms with Crippen LogP contribution in [0.3, 0.4) is 0 Å². The maximum Gasteiger partial charge on any atom is 0.265 e. The van der Waals surface area contributed by atoms with Gasteiger partial charge in [-0.05, 0) is 28.8 Å². The number of hydrogen-bond acceptors (Lipinski definition) is 4. The van der Waals surface area contributed by atoms with Crippen molar-refractivity contribution in [3.05, 3.63) is 31.1 Å². The second kappa shape index (κ2) is 5.34. The zero-order valence-electron chi connectivity index (χ0n) is 9.95. The zero-order chi connectivity index (χ0) is 13.4.